The number of fused-ring (bicyclic) bond motifs is 5. The molecule has 4 aromatic rings. The Balaban J connectivity index is 1.35. The van der Waals surface area contributed by atoms with Gasteiger partial charge in [-0.2, -0.15) is 9.97 Å². The summed E-state index contributed by atoms with van der Waals surface area (Å²) < 4.78 is 57.1. The van der Waals surface area contributed by atoms with Crippen LogP contribution in [0.2, 0.25) is 16.6 Å². The van der Waals surface area contributed by atoms with Crippen molar-refractivity contribution in [3.05, 3.63) is 53.8 Å². The topological polar surface area (TPSA) is 89.5 Å². The van der Waals surface area contributed by atoms with Gasteiger partial charge in [-0.1, -0.05) is 71.7 Å². The van der Waals surface area contributed by atoms with Crippen molar-refractivity contribution >= 4 is 41.7 Å². The minimum absolute atomic E-state index is 0.0263. The molecule has 2 unspecified atom stereocenters. The highest BCUT2D eigenvalue weighted by Crippen LogP contribution is 2.45. The average molecular weight is 882 g/mol. The van der Waals surface area contributed by atoms with Gasteiger partial charge in [-0.05, 0) is 104 Å². The maximum atomic E-state index is 18.4. The molecule has 4 aliphatic rings. The smallest absolute Gasteiger partial charge is 0.410 e. The number of halogens is 2. The van der Waals surface area contributed by atoms with Crippen LogP contribution in [0.1, 0.15) is 100.0 Å². The Kier molecular flexibility index (Phi) is 12.5. The van der Waals surface area contributed by atoms with Gasteiger partial charge in [0.05, 0.1) is 17.6 Å². The average Bonchev–Trinajstić information content (AvgIpc) is 3.84. The number of carbonyl (C=O) groups is 1. The molecular weight excluding hydrogens is 817 g/mol. The molecule has 338 valence electrons. The molecule has 2 bridgehead atoms. The molecule has 1 aromatic heterocycles. The number of nitrogens with zero attached hydrogens (tertiary/aromatic N) is 5. The Hall–Kier alpha value is -4.51. The molecule has 0 aliphatic carbocycles. The summed E-state index contributed by atoms with van der Waals surface area (Å²) in [5, 5.41) is 2.24. The lowest BCUT2D eigenvalue weighted by Crippen LogP contribution is -2.57. The molecule has 0 spiro atoms. The zero-order valence-electron chi connectivity index (χ0n) is 38.8. The number of piperazine rings is 1. The minimum atomic E-state index is -2.31. The van der Waals surface area contributed by atoms with E-state index < -0.39 is 31.2 Å². The van der Waals surface area contributed by atoms with Crippen LogP contribution in [-0.2, 0) is 9.47 Å². The number of alkyl halides is 1. The third kappa shape index (κ3) is 8.48. The Bertz CT molecular complexity index is 2390. The number of anilines is 1. The molecule has 8 rings (SSSR count). The molecule has 10 nitrogen and oxygen atoms in total. The molecular formula is C50H65F2N5O5Si. The maximum Gasteiger partial charge on any atom is 0.410 e. The van der Waals surface area contributed by atoms with Crippen LogP contribution >= 0.6 is 0 Å². The number of aromatic nitrogens is 2. The van der Waals surface area contributed by atoms with Crippen LogP contribution in [0, 0.1) is 17.3 Å². The van der Waals surface area contributed by atoms with E-state index in [1.807, 2.05) is 68.1 Å². The van der Waals surface area contributed by atoms with Crippen molar-refractivity contribution in [1.29, 1.82) is 0 Å². The molecule has 4 aliphatic heterocycles. The van der Waals surface area contributed by atoms with Gasteiger partial charge in [0.25, 0.3) is 0 Å². The Morgan fingerprint density at radius 2 is 1.65 bits per heavy atom. The van der Waals surface area contributed by atoms with Crippen LogP contribution in [0.4, 0.5) is 19.4 Å². The number of hydrogen-bond acceptors (Lipinski definition) is 9. The maximum absolute atomic E-state index is 18.4. The SMILES string of the molecule is COCOc1cc(-c2c(C#C[Si](C(C)C)(C(C)C)C(C)C)cc3c(N4CC5CCC(C4)N5C(=O)OC(C)(C)C)nc(OC[C@@]45CCCN4C[C@H](F)C5)nc3c2F)c2ccccc2c1. The van der Waals surface area contributed by atoms with E-state index in [9.17, 15) is 9.18 Å². The predicted octanol–water partition coefficient (Wildman–Crippen LogP) is 10.7. The van der Waals surface area contributed by atoms with E-state index in [0.29, 0.717) is 76.3 Å². The van der Waals surface area contributed by atoms with Gasteiger partial charge in [0.15, 0.2) is 12.6 Å². The van der Waals surface area contributed by atoms with Gasteiger partial charge < -0.3 is 23.8 Å². The number of rotatable bonds is 11. The molecule has 5 heterocycles. The quantitative estimate of drug-likeness (QED) is 0.0830. The van der Waals surface area contributed by atoms with Gasteiger partial charge in [0, 0.05) is 49.7 Å². The van der Waals surface area contributed by atoms with E-state index in [1.54, 1.807) is 7.11 Å². The van der Waals surface area contributed by atoms with Crippen molar-refractivity contribution in [1.82, 2.24) is 19.8 Å². The van der Waals surface area contributed by atoms with Crippen molar-refractivity contribution in [2.75, 3.05) is 51.6 Å². The number of benzene rings is 3. The first-order chi connectivity index (χ1) is 29.9. The Labute approximate surface area is 373 Å². The second-order valence-electron chi connectivity index (χ2n) is 20.3. The Morgan fingerprint density at radius 3 is 2.32 bits per heavy atom. The molecule has 63 heavy (non-hydrogen) atoms. The summed E-state index contributed by atoms with van der Waals surface area (Å²) in [5.74, 6) is 4.19. The van der Waals surface area contributed by atoms with Crippen LogP contribution in [0.3, 0.4) is 0 Å². The van der Waals surface area contributed by atoms with E-state index in [2.05, 4.69) is 62.8 Å². The van der Waals surface area contributed by atoms with Crippen molar-refractivity contribution < 1.29 is 32.5 Å². The van der Waals surface area contributed by atoms with E-state index in [0.717, 1.165) is 43.0 Å². The van der Waals surface area contributed by atoms with Crippen LogP contribution in [-0.4, -0.2) is 110 Å². The zero-order valence-corrected chi connectivity index (χ0v) is 39.8. The second kappa shape index (κ2) is 17.5. The van der Waals surface area contributed by atoms with Gasteiger partial charge in [-0.25, -0.2) is 13.6 Å². The molecule has 1 amide bonds. The summed E-state index contributed by atoms with van der Waals surface area (Å²) in [6.07, 6.45) is 2.53. The van der Waals surface area contributed by atoms with Crippen LogP contribution in [0.25, 0.3) is 32.8 Å². The fraction of sp³-hybridized carbons (Fsp3) is 0.580. The molecule has 0 N–H and O–H groups in total. The first-order valence-corrected chi connectivity index (χ1v) is 25.2. The fourth-order valence-electron chi connectivity index (χ4n) is 11.5. The van der Waals surface area contributed by atoms with E-state index >= 15 is 4.39 Å². The number of methoxy groups -OCH3 is 1. The highest BCUT2D eigenvalue weighted by Gasteiger charge is 2.50. The van der Waals surface area contributed by atoms with Crippen molar-refractivity contribution in [3.63, 3.8) is 0 Å². The van der Waals surface area contributed by atoms with Crippen LogP contribution in [0.15, 0.2) is 42.5 Å². The van der Waals surface area contributed by atoms with Gasteiger partial charge in [-0.3, -0.25) is 9.80 Å². The highest BCUT2D eigenvalue weighted by atomic mass is 28.3. The van der Waals surface area contributed by atoms with E-state index in [-0.39, 0.29) is 43.1 Å². The summed E-state index contributed by atoms with van der Waals surface area (Å²) in [5.41, 5.74) is 5.46. The molecule has 4 atom stereocenters. The van der Waals surface area contributed by atoms with Crippen molar-refractivity contribution in [3.8, 4) is 34.4 Å². The van der Waals surface area contributed by atoms with Crippen LogP contribution in [0.5, 0.6) is 11.8 Å². The molecule has 0 radical (unpaired) electrons. The van der Waals surface area contributed by atoms with Crippen molar-refractivity contribution in [2.45, 2.75) is 140 Å². The third-order valence-corrected chi connectivity index (χ3v) is 20.5. The minimum Gasteiger partial charge on any atom is -0.468 e. The number of amides is 1. The molecule has 0 saturated carbocycles. The monoisotopic (exact) mass is 881 g/mol. The van der Waals surface area contributed by atoms with Crippen LogP contribution < -0.4 is 14.4 Å². The lowest BCUT2D eigenvalue weighted by Gasteiger charge is -2.42. The van der Waals surface area contributed by atoms with Gasteiger partial charge in [-0.15, -0.1) is 5.54 Å². The highest BCUT2D eigenvalue weighted by molar-refractivity contribution is 6.90. The van der Waals surface area contributed by atoms with Gasteiger partial charge >= 0.3 is 12.1 Å². The lowest BCUT2D eigenvalue weighted by atomic mass is 9.92. The zero-order chi connectivity index (χ0) is 45.0. The normalized spacial score (nSPS) is 22.7. The largest absolute Gasteiger partial charge is 0.468 e. The fourth-order valence-corrected chi connectivity index (χ4v) is 16.7. The summed E-state index contributed by atoms with van der Waals surface area (Å²) >= 11 is 0. The summed E-state index contributed by atoms with van der Waals surface area (Å²) in [7, 11) is -0.740. The second-order valence-corrected chi connectivity index (χ2v) is 25.9. The van der Waals surface area contributed by atoms with E-state index in [4.69, 9.17) is 28.9 Å². The van der Waals surface area contributed by atoms with Gasteiger partial charge in [0.1, 0.15) is 43.5 Å². The summed E-state index contributed by atoms with van der Waals surface area (Å²) in [6, 6.07) is 13.5. The molecule has 4 fully saturated rings. The summed E-state index contributed by atoms with van der Waals surface area (Å²) in [4.78, 5) is 29.8. The number of ether oxygens (including phenoxy) is 4. The lowest BCUT2D eigenvalue weighted by molar-refractivity contribution is 0.0122. The first-order valence-electron chi connectivity index (χ1n) is 22.9. The van der Waals surface area contributed by atoms with E-state index in [1.165, 1.54) is 0 Å². The third-order valence-electron chi connectivity index (χ3n) is 14.2. The van der Waals surface area contributed by atoms with Gasteiger partial charge in [0.2, 0.25) is 0 Å². The molecule has 4 saturated heterocycles. The number of hydrogen-bond donors (Lipinski definition) is 0. The number of carbonyl (C=O) groups excluding carboxylic acids is 1. The molecule has 13 heteroatoms. The summed E-state index contributed by atoms with van der Waals surface area (Å²) in [6.45, 7) is 21.7. The molecule has 3 aromatic carbocycles. The standard InChI is InChI=1S/C50H65F2N5O5Si/c1-31(2)63(32(3)4,33(5)6)21-18-35-23-42-45(44(52)43(35)41-24-39(61-30-59-10)22-34-14-11-12-15-40(34)41)53-47(60-29-50-19-13-20-56(50)26-36(51)25-50)54-46(42)55-27-37-16-17-38(28-55)57(37)48(58)62-49(7,8)9/h11-12,14-15,22-24,31-33,36-38H,13,16-17,19-20,25-30H2,1-10H3/t36-,37?,38?,50+/m1/s1. The Morgan fingerprint density at radius 1 is 0.952 bits per heavy atom. The predicted molar refractivity (Wildman–Crippen MR) is 249 cm³/mol. The first kappa shape index (κ1) is 45.1. The van der Waals surface area contributed by atoms with Crippen molar-refractivity contribution in [2.24, 2.45) is 0 Å².